The van der Waals surface area contributed by atoms with Gasteiger partial charge in [-0.2, -0.15) is 0 Å². The largest absolute Gasteiger partial charge is 0.316 e. The van der Waals surface area contributed by atoms with Gasteiger partial charge >= 0.3 is 0 Å². The summed E-state index contributed by atoms with van der Waals surface area (Å²) < 4.78 is 40.9. The molecule has 1 N–H and O–H groups in total. The molecule has 0 aliphatic rings. The highest BCUT2D eigenvalue weighted by Crippen LogP contribution is 2.20. The molecule has 0 heterocycles. The van der Waals surface area contributed by atoms with Crippen LogP contribution in [0.1, 0.15) is 11.1 Å². The third-order valence-corrected chi connectivity index (χ3v) is 3.99. The zero-order valence-corrected chi connectivity index (χ0v) is 13.1. The molecule has 112 valence electrons. The minimum absolute atomic E-state index is 0.0676. The maximum absolute atomic E-state index is 13.7. The van der Waals surface area contributed by atoms with Crippen molar-refractivity contribution in [3.63, 3.8) is 0 Å². The number of likely N-dealkylation sites (N-methyl/N-ethyl adjacent to an activating group) is 1. The van der Waals surface area contributed by atoms with Gasteiger partial charge in [-0.05, 0) is 65.6 Å². The van der Waals surface area contributed by atoms with Crippen LogP contribution >= 0.6 is 15.9 Å². The maximum atomic E-state index is 13.7. The quantitative estimate of drug-likeness (QED) is 0.843. The molecule has 0 aromatic heterocycles. The molecule has 21 heavy (non-hydrogen) atoms. The maximum Gasteiger partial charge on any atom is 0.137 e. The van der Waals surface area contributed by atoms with Crippen LogP contribution in [0.25, 0.3) is 0 Å². The predicted molar refractivity (Wildman–Crippen MR) is 80.7 cm³/mol. The Bertz CT molecular complexity index is 611. The van der Waals surface area contributed by atoms with Crippen molar-refractivity contribution in [2.75, 3.05) is 7.05 Å². The van der Waals surface area contributed by atoms with E-state index in [0.29, 0.717) is 10.9 Å². The number of nitrogens with one attached hydrogen (secondary N) is 1. The SMILES string of the molecule is CNC(Cc1ccc(F)c(Br)c1)Cc1c(F)cccc1F. The number of rotatable bonds is 5. The lowest BCUT2D eigenvalue weighted by Crippen LogP contribution is -2.30. The first kappa shape index (κ1) is 16.0. The van der Waals surface area contributed by atoms with Crippen LogP contribution in [0.5, 0.6) is 0 Å². The highest BCUT2D eigenvalue weighted by Gasteiger charge is 2.15. The van der Waals surface area contributed by atoms with E-state index in [-0.39, 0.29) is 23.8 Å². The van der Waals surface area contributed by atoms with Crippen LogP contribution in [-0.4, -0.2) is 13.1 Å². The number of hydrogen-bond acceptors (Lipinski definition) is 1. The summed E-state index contributed by atoms with van der Waals surface area (Å²) in [5.41, 5.74) is 0.956. The molecule has 1 atom stereocenters. The van der Waals surface area contributed by atoms with Crippen molar-refractivity contribution < 1.29 is 13.2 Å². The zero-order valence-electron chi connectivity index (χ0n) is 11.5. The molecule has 0 radical (unpaired) electrons. The molecule has 1 unspecified atom stereocenters. The summed E-state index contributed by atoms with van der Waals surface area (Å²) in [5.74, 6) is -1.43. The first-order valence-corrected chi connectivity index (χ1v) is 7.34. The Morgan fingerprint density at radius 2 is 1.67 bits per heavy atom. The molecule has 0 aliphatic heterocycles. The fourth-order valence-electron chi connectivity index (χ4n) is 2.20. The van der Waals surface area contributed by atoms with E-state index in [0.717, 1.165) is 5.56 Å². The van der Waals surface area contributed by atoms with Crippen molar-refractivity contribution in [1.29, 1.82) is 0 Å². The summed E-state index contributed by atoms with van der Waals surface area (Å²) >= 11 is 3.13. The second-order valence-corrected chi connectivity index (χ2v) is 5.70. The van der Waals surface area contributed by atoms with Gasteiger partial charge < -0.3 is 5.32 Å². The molecule has 0 saturated heterocycles. The van der Waals surface area contributed by atoms with Crippen LogP contribution in [-0.2, 0) is 12.8 Å². The van der Waals surface area contributed by atoms with E-state index in [9.17, 15) is 13.2 Å². The molecular weight excluding hydrogens is 343 g/mol. The molecule has 2 aromatic carbocycles. The Kier molecular flexibility index (Phi) is 5.42. The summed E-state index contributed by atoms with van der Waals surface area (Å²) in [7, 11) is 1.74. The van der Waals surface area contributed by atoms with Crippen molar-refractivity contribution in [3.8, 4) is 0 Å². The second-order valence-electron chi connectivity index (χ2n) is 4.84. The molecular formula is C16H15BrF3N. The van der Waals surface area contributed by atoms with Gasteiger partial charge in [0.1, 0.15) is 17.5 Å². The molecule has 2 aromatic rings. The van der Waals surface area contributed by atoms with Gasteiger partial charge in [-0.15, -0.1) is 0 Å². The smallest absolute Gasteiger partial charge is 0.137 e. The van der Waals surface area contributed by atoms with Crippen LogP contribution in [0, 0.1) is 17.5 Å². The van der Waals surface area contributed by atoms with Crippen LogP contribution in [0.3, 0.4) is 0 Å². The number of benzene rings is 2. The van der Waals surface area contributed by atoms with E-state index in [1.165, 1.54) is 24.3 Å². The Balaban J connectivity index is 2.15. The summed E-state index contributed by atoms with van der Waals surface area (Å²) in [6.45, 7) is 0. The van der Waals surface area contributed by atoms with E-state index in [2.05, 4.69) is 21.2 Å². The molecule has 0 fully saturated rings. The van der Waals surface area contributed by atoms with Crippen LogP contribution in [0.15, 0.2) is 40.9 Å². The fraction of sp³-hybridized carbons (Fsp3) is 0.250. The van der Waals surface area contributed by atoms with Crippen LogP contribution in [0.4, 0.5) is 13.2 Å². The highest BCUT2D eigenvalue weighted by molar-refractivity contribution is 9.10. The third kappa shape index (κ3) is 4.08. The Labute approximate surface area is 130 Å². The molecule has 0 amide bonds. The summed E-state index contributed by atoms with van der Waals surface area (Å²) in [4.78, 5) is 0. The van der Waals surface area contributed by atoms with Crippen molar-refractivity contribution in [2.24, 2.45) is 0 Å². The van der Waals surface area contributed by atoms with Gasteiger partial charge in [-0.25, -0.2) is 13.2 Å². The molecule has 0 aliphatic carbocycles. The lowest BCUT2D eigenvalue weighted by Gasteiger charge is -2.17. The van der Waals surface area contributed by atoms with Crippen molar-refractivity contribution >= 4 is 15.9 Å². The van der Waals surface area contributed by atoms with Crippen molar-refractivity contribution in [1.82, 2.24) is 5.32 Å². The average molecular weight is 358 g/mol. The molecule has 0 spiro atoms. The molecule has 0 saturated carbocycles. The lowest BCUT2D eigenvalue weighted by atomic mass is 9.98. The topological polar surface area (TPSA) is 12.0 Å². The molecule has 5 heteroatoms. The van der Waals surface area contributed by atoms with Gasteiger partial charge in [0.15, 0.2) is 0 Å². The minimum Gasteiger partial charge on any atom is -0.316 e. The molecule has 1 nitrogen and oxygen atoms in total. The second kappa shape index (κ2) is 7.09. The Morgan fingerprint density at radius 3 is 2.24 bits per heavy atom. The zero-order chi connectivity index (χ0) is 15.4. The van der Waals surface area contributed by atoms with Gasteiger partial charge in [0.2, 0.25) is 0 Å². The van der Waals surface area contributed by atoms with Crippen molar-refractivity contribution in [3.05, 3.63) is 69.4 Å². The summed E-state index contributed by atoms with van der Waals surface area (Å²) in [6.07, 6.45) is 0.771. The Morgan fingerprint density at radius 1 is 1.00 bits per heavy atom. The number of hydrogen-bond donors (Lipinski definition) is 1. The molecule has 0 bridgehead atoms. The van der Waals surface area contributed by atoms with Crippen molar-refractivity contribution in [2.45, 2.75) is 18.9 Å². The monoisotopic (exact) mass is 357 g/mol. The van der Waals surface area contributed by atoms with Gasteiger partial charge in [-0.3, -0.25) is 0 Å². The Hall–Kier alpha value is -1.33. The average Bonchev–Trinajstić information content (AvgIpc) is 2.45. The van der Waals surface area contributed by atoms with Crippen LogP contribution < -0.4 is 5.32 Å². The van der Waals surface area contributed by atoms with E-state index < -0.39 is 11.6 Å². The summed E-state index contributed by atoms with van der Waals surface area (Å²) in [5, 5.41) is 3.05. The highest BCUT2D eigenvalue weighted by atomic mass is 79.9. The van der Waals surface area contributed by atoms with Gasteiger partial charge in [-0.1, -0.05) is 12.1 Å². The molecule has 2 rings (SSSR count). The predicted octanol–water partition coefficient (Wildman–Crippen LogP) is 4.24. The van der Waals surface area contributed by atoms with E-state index >= 15 is 0 Å². The minimum atomic E-state index is -0.546. The standard InChI is InChI=1S/C16H15BrF3N/c1-21-11(7-10-5-6-16(20)13(17)8-10)9-12-14(18)3-2-4-15(12)19/h2-6,8,11,21H,7,9H2,1H3. The normalized spacial score (nSPS) is 12.4. The fourth-order valence-corrected chi connectivity index (χ4v) is 2.63. The summed E-state index contributed by atoms with van der Waals surface area (Å²) in [6, 6.07) is 8.42. The van der Waals surface area contributed by atoms with Gasteiger partial charge in [0, 0.05) is 11.6 Å². The number of halogens is 4. The van der Waals surface area contributed by atoms with Crippen LogP contribution in [0.2, 0.25) is 0 Å². The first-order chi connectivity index (χ1) is 10.0. The van der Waals surface area contributed by atoms with Gasteiger partial charge in [0.05, 0.1) is 4.47 Å². The van der Waals surface area contributed by atoms with E-state index in [1.807, 2.05) is 0 Å². The first-order valence-electron chi connectivity index (χ1n) is 6.55. The van der Waals surface area contributed by atoms with E-state index in [1.54, 1.807) is 19.2 Å². The third-order valence-electron chi connectivity index (χ3n) is 3.39. The lowest BCUT2D eigenvalue weighted by molar-refractivity contribution is 0.501. The van der Waals surface area contributed by atoms with E-state index in [4.69, 9.17) is 0 Å². The van der Waals surface area contributed by atoms with Gasteiger partial charge in [0.25, 0.3) is 0 Å².